The molecule has 0 radical (unpaired) electrons. The van der Waals surface area contributed by atoms with Gasteiger partial charge in [0.1, 0.15) is 0 Å². The molecule has 0 unspecified atom stereocenters. The van der Waals surface area contributed by atoms with Gasteiger partial charge in [0.15, 0.2) is 0 Å². The Morgan fingerprint density at radius 2 is 1.52 bits per heavy atom. The number of aryl methyl sites for hydroxylation is 1. The van der Waals surface area contributed by atoms with Crippen LogP contribution in [0.15, 0.2) is 72.8 Å². The maximum absolute atomic E-state index is 2.37. The molecule has 1 aliphatic rings. The zero-order valence-electron chi connectivity index (χ0n) is 14.6. The zero-order chi connectivity index (χ0) is 16.4. The molecule has 0 bridgehead atoms. The van der Waals surface area contributed by atoms with Crippen LogP contribution >= 0.6 is 0 Å². The van der Waals surface area contributed by atoms with Crippen LogP contribution in [0.25, 0.3) is 22.8 Å². The van der Waals surface area contributed by atoms with Gasteiger partial charge in [0, 0.05) is 26.2 Å². The summed E-state index contributed by atoms with van der Waals surface area (Å²) in [5, 5.41) is 0. The Labute approximate surface area is 169 Å². The standard InChI is InChI=1S/C24H22.Zr/c1-2-7-18-12-14-20(15-13-18)23-11-6-10-21-16-22(17-24(21)23)19-8-4-3-5-9-19;/h3-6,8-15,17H,2,7,16H2,1H3;. The third kappa shape index (κ3) is 3.77. The summed E-state index contributed by atoms with van der Waals surface area (Å²) in [6, 6.07) is 26.5. The molecule has 0 amide bonds. The van der Waals surface area contributed by atoms with Crippen LogP contribution in [-0.2, 0) is 39.0 Å². The Morgan fingerprint density at radius 3 is 2.24 bits per heavy atom. The molecule has 0 N–H and O–H groups in total. The fourth-order valence-electron chi connectivity index (χ4n) is 3.60. The van der Waals surface area contributed by atoms with Crippen LogP contribution in [0, 0.1) is 0 Å². The minimum atomic E-state index is 0. The molecule has 1 heteroatoms. The van der Waals surface area contributed by atoms with E-state index >= 15 is 0 Å². The first kappa shape index (κ1) is 18.1. The number of fused-ring (bicyclic) bond motifs is 1. The zero-order valence-corrected chi connectivity index (χ0v) is 17.1. The molecule has 3 aromatic rings. The molecule has 0 saturated carbocycles. The topological polar surface area (TPSA) is 0 Å². The van der Waals surface area contributed by atoms with E-state index in [4.69, 9.17) is 0 Å². The quantitative estimate of drug-likeness (QED) is 0.474. The molecule has 122 valence electrons. The molecular weight excluding hydrogens is 379 g/mol. The molecule has 0 fully saturated rings. The third-order valence-electron chi connectivity index (χ3n) is 4.84. The van der Waals surface area contributed by atoms with Crippen LogP contribution in [0.2, 0.25) is 0 Å². The molecule has 4 rings (SSSR count). The van der Waals surface area contributed by atoms with E-state index in [9.17, 15) is 0 Å². The van der Waals surface area contributed by atoms with E-state index in [0.29, 0.717) is 0 Å². The largest absolute Gasteiger partial charge is 0.0651 e. The number of hydrogen-bond donors (Lipinski definition) is 0. The van der Waals surface area contributed by atoms with Crippen molar-refractivity contribution in [1.82, 2.24) is 0 Å². The van der Waals surface area contributed by atoms with Crippen molar-refractivity contribution in [2.24, 2.45) is 0 Å². The number of hydrogen-bond acceptors (Lipinski definition) is 0. The van der Waals surface area contributed by atoms with Crippen LogP contribution in [0.3, 0.4) is 0 Å². The number of allylic oxidation sites excluding steroid dienone is 1. The monoisotopic (exact) mass is 400 g/mol. The summed E-state index contributed by atoms with van der Waals surface area (Å²) in [5.41, 5.74) is 9.66. The van der Waals surface area contributed by atoms with Crippen LogP contribution in [0.5, 0.6) is 0 Å². The van der Waals surface area contributed by atoms with E-state index in [2.05, 4.69) is 85.8 Å². The Kier molecular flexibility index (Phi) is 5.87. The van der Waals surface area contributed by atoms with Gasteiger partial charge in [-0.25, -0.2) is 0 Å². The summed E-state index contributed by atoms with van der Waals surface area (Å²) in [7, 11) is 0. The van der Waals surface area contributed by atoms with E-state index < -0.39 is 0 Å². The Hall–Kier alpha value is -1.72. The Morgan fingerprint density at radius 1 is 0.760 bits per heavy atom. The molecule has 1 aliphatic carbocycles. The van der Waals surface area contributed by atoms with Gasteiger partial charge < -0.3 is 0 Å². The van der Waals surface area contributed by atoms with Gasteiger partial charge in [0.05, 0.1) is 0 Å². The molecule has 3 aromatic carbocycles. The second kappa shape index (κ2) is 8.11. The second-order valence-electron chi connectivity index (χ2n) is 6.54. The van der Waals surface area contributed by atoms with Crippen molar-refractivity contribution >= 4 is 11.6 Å². The molecule has 0 saturated heterocycles. The molecular formula is C24H22Zr. The SMILES string of the molecule is CCCc1ccc(-c2cccc3c2C=C(c2ccccc2)C3)cc1.[Zr]. The van der Waals surface area contributed by atoms with Crippen molar-refractivity contribution in [2.75, 3.05) is 0 Å². The van der Waals surface area contributed by atoms with Gasteiger partial charge in [-0.05, 0) is 57.9 Å². The Bertz CT molecular complexity index is 874. The molecule has 0 nitrogen and oxygen atoms in total. The van der Waals surface area contributed by atoms with Crippen LogP contribution in [0.4, 0.5) is 0 Å². The average Bonchev–Trinajstić information content (AvgIpc) is 3.08. The van der Waals surface area contributed by atoms with Gasteiger partial charge in [-0.2, -0.15) is 0 Å². The van der Waals surface area contributed by atoms with Crippen molar-refractivity contribution in [2.45, 2.75) is 26.2 Å². The van der Waals surface area contributed by atoms with E-state index in [0.717, 1.165) is 12.8 Å². The predicted octanol–water partition coefficient (Wildman–Crippen LogP) is 6.40. The normalized spacial score (nSPS) is 12.3. The van der Waals surface area contributed by atoms with E-state index in [1.807, 2.05) is 0 Å². The Balaban J connectivity index is 0.00000182. The molecule has 0 spiro atoms. The minimum Gasteiger partial charge on any atom is -0.0651 e. The summed E-state index contributed by atoms with van der Waals surface area (Å²) >= 11 is 0. The summed E-state index contributed by atoms with van der Waals surface area (Å²) in [5.74, 6) is 0. The molecule has 0 heterocycles. The number of benzene rings is 3. The van der Waals surface area contributed by atoms with Gasteiger partial charge in [-0.1, -0.05) is 86.1 Å². The summed E-state index contributed by atoms with van der Waals surface area (Å²) in [4.78, 5) is 0. The van der Waals surface area contributed by atoms with E-state index in [1.165, 1.54) is 45.4 Å². The summed E-state index contributed by atoms with van der Waals surface area (Å²) in [6.45, 7) is 2.23. The molecule has 0 aromatic heterocycles. The fourth-order valence-corrected chi connectivity index (χ4v) is 3.60. The summed E-state index contributed by atoms with van der Waals surface area (Å²) < 4.78 is 0. The van der Waals surface area contributed by atoms with Gasteiger partial charge in [0.25, 0.3) is 0 Å². The van der Waals surface area contributed by atoms with Crippen LogP contribution in [-0.4, -0.2) is 0 Å². The predicted molar refractivity (Wildman–Crippen MR) is 104 cm³/mol. The van der Waals surface area contributed by atoms with Crippen molar-refractivity contribution in [3.8, 4) is 11.1 Å². The average molecular weight is 402 g/mol. The smallest absolute Gasteiger partial charge is 0 e. The maximum atomic E-state index is 2.37. The van der Waals surface area contributed by atoms with Gasteiger partial charge >= 0.3 is 0 Å². The first-order valence-corrected chi connectivity index (χ1v) is 8.82. The van der Waals surface area contributed by atoms with Crippen molar-refractivity contribution in [3.63, 3.8) is 0 Å². The van der Waals surface area contributed by atoms with Gasteiger partial charge in [-0.15, -0.1) is 0 Å². The number of rotatable bonds is 4. The minimum absolute atomic E-state index is 0. The van der Waals surface area contributed by atoms with Crippen LogP contribution < -0.4 is 0 Å². The first-order valence-electron chi connectivity index (χ1n) is 8.82. The maximum Gasteiger partial charge on any atom is 0 e. The van der Waals surface area contributed by atoms with Gasteiger partial charge in [-0.3, -0.25) is 0 Å². The van der Waals surface area contributed by atoms with Crippen molar-refractivity contribution < 1.29 is 26.2 Å². The van der Waals surface area contributed by atoms with Crippen LogP contribution in [0.1, 0.15) is 35.6 Å². The van der Waals surface area contributed by atoms with E-state index in [1.54, 1.807) is 0 Å². The van der Waals surface area contributed by atoms with Crippen molar-refractivity contribution in [3.05, 3.63) is 95.1 Å². The van der Waals surface area contributed by atoms with E-state index in [-0.39, 0.29) is 26.2 Å². The molecule has 0 aliphatic heterocycles. The molecule has 0 atom stereocenters. The fraction of sp³-hybridized carbons (Fsp3) is 0.167. The second-order valence-corrected chi connectivity index (χ2v) is 6.54. The molecule has 25 heavy (non-hydrogen) atoms. The van der Waals surface area contributed by atoms with Gasteiger partial charge in [0.2, 0.25) is 0 Å². The third-order valence-corrected chi connectivity index (χ3v) is 4.84. The first-order chi connectivity index (χ1) is 11.8. The van der Waals surface area contributed by atoms with Crippen molar-refractivity contribution in [1.29, 1.82) is 0 Å². The summed E-state index contributed by atoms with van der Waals surface area (Å²) in [6.07, 6.45) is 5.76.